The summed E-state index contributed by atoms with van der Waals surface area (Å²) in [7, 11) is 1.69. The molecule has 1 aliphatic heterocycles. The number of carbonyl (C=O) groups excluding carboxylic acids is 1. The molecule has 0 spiro atoms. The van der Waals surface area contributed by atoms with Crippen molar-refractivity contribution in [2.24, 2.45) is 5.92 Å². The van der Waals surface area contributed by atoms with E-state index in [0.29, 0.717) is 5.91 Å². The largest absolute Gasteiger partial charge is 0.497 e. The summed E-state index contributed by atoms with van der Waals surface area (Å²) in [6, 6.07) is 6.43. The minimum Gasteiger partial charge on any atom is -0.497 e. The third-order valence-corrected chi connectivity index (χ3v) is 5.13. The smallest absolute Gasteiger partial charge is 0.226 e. The predicted octanol–water partition coefficient (Wildman–Crippen LogP) is 3.72. The first-order valence-electron chi connectivity index (χ1n) is 8.18. The van der Waals surface area contributed by atoms with Gasteiger partial charge in [0.15, 0.2) is 0 Å². The van der Waals surface area contributed by atoms with Gasteiger partial charge in [0.2, 0.25) is 5.91 Å². The fourth-order valence-electron chi connectivity index (χ4n) is 3.80. The molecule has 1 aliphatic carbocycles. The molecule has 0 bridgehead atoms. The van der Waals surface area contributed by atoms with Crippen LogP contribution in [0.5, 0.6) is 5.75 Å². The number of rotatable bonds is 2. The van der Waals surface area contributed by atoms with E-state index in [1.54, 1.807) is 7.11 Å². The Kier molecular flexibility index (Phi) is 4.18. The first kappa shape index (κ1) is 14.4. The molecule has 21 heavy (non-hydrogen) atoms. The number of hydrogen-bond acceptors (Lipinski definition) is 2. The Balaban J connectivity index is 1.80. The maximum atomic E-state index is 12.8. The van der Waals surface area contributed by atoms with Crippen molar-refractivity contribution < 1.29 is 9.53 Å². The quantitative estimate of drug-likeness (QED) is 0.829. The zero-order chi connectivity index (χ0) is 14.8. The van der Waals surface area contributed by atoms with Gasteiger partial charge in [-0.3, -0.25) is 4.79 Å². The second kappa shape index (κ2) is 6.08. The summed E-state index contributed by atoms with van der Waals surface area (Å²) in [5.74, 6) is 1.51. The van der Waals surface area contributed by atoms with Gasteiger partial charge in [0.05, 0.1) is 13.2 Å². The number of fused-ring (bicyclic) bond motifs is 1. The van der Waals surface area contributed by atoms with Gasteiger partial charge in [0.25, 0.3) is 0 Å². The number of benzene rings is 1. The van der Waals surface area contributed by atoms with Crippen LogP contribution in [0.2, 0.25) is 0 Å². The summed E-state index contributed by atoms with van der Waals surface area (Å²) in [6.07, 6.45) is 6.83. The highest BCUT2D eigenvalue weighted by molar-refractivity contribution is 5.79. The fraction of sp³-hybridized carbons (Fsp3) is 0.611. The summed E-state index contributed by atoms with van der Waals surface area (Å²) in [4.78, 5) is 14.9. The van der Waals surface area contributed by atoms with Crippen LogP contribution in [0.15, 0.2) is 18.2 Å². The first-order chi connectivity index (χ1) is 10.2. The molecule has 3 rings (SSSR count). The van der Waals surface area contributed by atoms with E-state index in [4.69, 9.17) is 4.74 Å². The van der Waals surface area contributed by atoms with Gasteiger partial charge in [-0.15, -0.1) is 0 Å². The second-order valence-electron chi connectivity index (χ2n) is 6.36. The zero-order valence-electron chi connectivity index (χ0n) is 13.1. The molecule has 0 aromatic heterocycles. The fourth-order valence-corrected chi connectivity index (χ4v) is 3.80. The number of methoxy groups -OCH3 is 1. The van der Waals surface area contributed by atoms with Gasteiger partial charge in [0, 0.05) is 12.5 Å². The highest BCUT2D eigenvalue weighted by Gasteiger charge is 2.32. The van der Waals surface area contributed by atoms with Crippen molar-refractivity contribution in [3.63, 3.8) is 0 Å². The average molecular weight is 287 g/mol. The van der Waals surface area contributed by atoms with Gasteiger partial charge in [0.1, 0.15) is 5.75 Å². The molecule has 3 nitrogen and oxygen atoms in total. The zero-order valence-corrected chi connectivity index (χ0v) is 13.1. The van der Waals surface area contributed by atoms with E-state index >= 15 is 0 Å². The Bertz CT molecular complexity index is 520. The lowest BCUT2D eigenvalue weighted by Gasteiger charge is -2.38. The first-order valence-corrected chi connectivity index (χ1v) is 8.18. The monoisotopic (exact) mass is 287 g/mol. The van der Waals surface area contributed by atoms with Gasteiger partial charge in [-0.2, -0.15) is 0 Å². The van der Waals surface area contributed by atoms with Crippen LogP contribution in [0.1, 0.15) is 56.2 Å². The second-order valence-corrected chi connectivity index (χ2v) is 6.36. The van der Waals surface area contributed by atoms with Crippen LogP contribution < -0.4 is 4.74 Å². The van der Waals surface area contributed by atoms with E-state index in [2.05, 4.69) is 24.0 Å². The van der Waals surface area contributed by atoms with Crippen LogP contribution >= 0.6 is 0 Å². The topological polar surface area (TPSA) is 29.5 Å². The molecule has 1 aromatic rings. The standard InChI is InChI=1S/C18H25NO2/c1-13-17-12-16(21-2)9-8-14(17)10-11-19(13)18(20)15-6-4-3-5-7-15/h8-9,12-13,15H,3-7,10-11H2,1-2H3. The number of nitrogens with zero attached hydrogens (tertiary/aromatic N) is 1. The maximum Gasteiger partial charge on any atom is 0.226 e. The molecule has 1 fully saturated rings. The molecule has 1 unspecified atom stereocenters. The van der Waals surface area contributed by atoms with Crippen LogP contribution in [0, 0.1) is 5.92 Å². The summed E-state index contributed by atoms with van der Waals surface area (Å²) in [5.41, 5.74) is 2.61. The Hall–Kier alpha value is -1.51. The number of amides is 1. The predicted molar refractivity (Wildman–Crippen MR) is 83.4 cm³/mol. The molecule has 0 saturated heterocycles. The van der Waals surface area contributed by atoms with Gasteiger partial charge < -0.3 is 9.64 Å². The lowest BCUT2D eigenvalue weighted by atomic mass is 9.86. The molecule has 3 heteroatoms. The van der Waals surface area contributed by atoms with Crippen molar-refractivity contribution in [2.45, 2.75) is 51.5 Å². The van der Waals surface area contributed by atoms with Crippen molar-refractivity contribution in [1.29, 1.82) is 0 Å². The van der Waals surface area contributed by atoms with Crippen LogP contribution in [0.3, 0.4) is 0 Å². The number of hydrogen-bond donors (Lipinski definition) is 0. The molecule has 0 radical (unpaired) electrons. The Morgan fingerprint density at radius 2 is 2.00 bits per heavy atom. The number of carbonyl (C=O) groups is 1. The lowest BCUT2D eigenvalue weighted by Crippen LogP contribution is -2.42. The lowest BCUT2D eigenvalue weighted by molar-refractivity contribution is -0.139. The van der Waals surface area contributed by atoms with Crippen molar-refractivity contribution in [3.8, 4) is 5.75 Å². The van der Waals surface area contributed by atoms with Crippen molar-refractivity contribution >= 4 is 5.91 Å². The van der Waals surface area contributed by atoms with Gasteiger partial charge in [-0.1, -0.05) is 25.3 Å². The van der Waals surface area contributed by atoms with E-state index in [9.17, 15) is 4.79 Å². The van der Waals surface area contributed by atoms with Crippen LogP contribution in [-0.2, 0) is 11.2 Å². The third-order valence-electron chi connectivity index (χ3n) is 5.13. The summed E-state index contributed by atoms with van der Waals surface area (Å²) in [6.45, 7) is 3.01. The Morgan fingerprint density at radius 1 is 1.24 bits per heavy atom. The van der Waals surface area contributed by atoms with Gasteiger partial charge >= 0.3 is 0 Å². The molecule has 1 atom stereocenters. The van der Waals surface area contributed by atoms with Crippen LogP contribution in [0.4, 0.5) is 0 Å². The third kappa shape index (κ3) is 2.78. The molecule has 0 N–H and O–H groups in total. The molecular weight excluding hydrogens is 262 g/mol. The molecule has 1 aromatic carbocycles. The molecule has 1 saturated carbocycles. The SMILES string of the molecule is COc1ccc2c(c1)C(C)N(C(=O)C1CCCCC1)CC2. The highest BCUT2D eigenvalue weighted by atomic mass is 16.5. The number of ether oxygens (including phenoxy) is 1. The summed E-state index contributed by atoms with van der Waals surface area (Å²) >= 11 is 0. The van der Waals surface area contributed by atoms with Crippen LogP contribution in [-0.4, -0.2) is 24.5 Å². The van der Waals surface area contributed by atoms with E-state index < -0.39 is 0 Å². The summed E-state index contributed by atoms with van der Waals surface area (Å²) < 4.78 is 5.34. The Morgan fingerprint density at radius 3 is 2.71 bits per heavy atom. The molecule has 114 valence electrons. The summed E-state index contributed by atoms with van der Waals surface area (Å²) in [5, 5.41) is 0. The molecule has 1 heterocycles. The molecule has 1 amide bonds. The van der Waals surface area contributed by atoms with E-state index in [0.717, 1.165) is 31.6 Å². The van der Waals surface area contributed by atoms with Crippen molar-refractivity contribution in [2.75, 3.05) is 13.7 Å². The highest BCUT2D eigenvalue weighted by Crippen LogP contribution is 2.35. The minimum absolute atomic E-state index is 0.165. The van der Waals surface area contributed by atoms with E-state index in [1.165, 1.54) is 30.4 Å². The molecule has 2 aliphatic rings. The van der Waals surface area contributed by atoms with Gasteiger partial charge in [-0.05, 0) is 49.4 Å². The normalized spacial score (nSPS) is 22.8. The van der Waals surface area contributed by atoms with Crippen molar-refractivity contribution in [3.05, 3.63) is 29.3 Å². The maximum absolute atomic E-state index is 12.8. The van der Waals surface area contributed by atoms with Gasteiger partial charge in [-0.25, -0.2) is 0 Å². The minimum atomic E-state index is 0.165. The Labute approximate surface area is 127 Å². The van der Waals surface area contributed by atoms with Crippen LogP contribution in [0.25, 0.3) is 0 Å². The molecular formula is C18H25NO2. The van der Waals surface area contributed by atoms with E-state index in [1.807, 2.05) is 6.07 Å². The average Bonchev–Trinajstić information content (AvgIpc) is 2.55. The van der Waals surface area contributed by atoms with Crippen molar-refractivity contribution in [1.82, 2.24) is 4.90 Å². The van der Waals surface area contributed by atoms with E-state index in [-0.39, 0.29) is 12.0 Å².